The van der Waals surface area contributed by atoms with Crippen LogP contribution in [0.25, 0.3) is 0 Å². The highest BCUT2D eigenvalue weighted by atomic mass is 19.1. The third-order valence-corrected chi connectivity index (χ3v) is 2.90. The van der Waals surface area contributed by atoms with Crippen molar-refractivity contribution in [1.82, 2.24) is 9.13 Å². The summed E-state index contributed by atoms with van der Waals surface area (Å²) in [5.41, 5.74) is 1.79. The lowest BCUT2D eigenvalue weighted by Gasteiger charge is -2.06. The highest BCUT2D eigenvalue weighted by molar-refractivity contribution is 5.26. The van der Waals surface area contributed by atoms with E-state index in [1.165, 1.54) is 12.1 Å². The van der Waals surface area contributed by atoms with Gasteiger partial charge in [0.15, 0.2) is 0 Å². The lowest BCUT2D eigenvalue weighted by molar-refractivity contribution is 0.623. The molecule has 1 heterocycles. The van der Waals surface area contributed by atoms with Gasteiger partial charge in [0.05, 0.1) is 6.54 Å². The Morgan fingerprint density at radius 3 is 2.53 bits per heavy atom. The van der Waals surface area contributed by atoms with Crippen LogP contribution in [-0.4, -0.2) is 9.13 Å². The largest absolute Gasteiger partial charge is 0.328 e. The Balaban J connectivity index is 2.31. The van der Waals surface area contributed by atoms with E-state index < -0.39 is 0 Å². The van der Waals surface area contributed by atoms with Gasteiger partial charge in [-0.15, -0.1) is 0 Å². The van der Waals surface area contributed by atoms with Crippen LogP contribution in [0.5, 0.6) is 0 Å². The Labute approximate surface area is 99.1 Å². The maximum absolute atomic E-state index is 13.0. The van der Waals surface area contributed by atoms with Crippen LogP contribution in [-0.2, 0) is 13.1 Å². The molecule has 0 fully saturated rings. The molecule has 17 heavy (non-hydrogen) atoms. The molecule has 2 rings (SSSR count). The maximum Gasteiger partial charge on any atom is 0.328 e. The number of aryl methyl sites for hydroxylation is 2. The third kappa shape index (κ3) is 2.30. The number of hydrogen-bond donors (Lipinski definition) is 0. The van der Waals surface area contributed by atoms with Crippen LogP contribution in [0.3, 0.4) is 0 Å². The van der Waals surface area contributed by atoms with E-state index in [1.807, 2.05) is 13.8 Å². The molecule has 1 aromatic heterocycles. The van der Waals surface area contributed by atoms with Gasteiger partial charge in [-0.1, -0.05) is 6.07 Å². The molecule has 0 aliphatic heterocycles. The summed E-state index contributed by atoms with van der Waals surface area (Å²) in [7, 11) is 0. The molecule has 0 N–H and O–H groups in total. The first-order valence-electron chi connectivity index (χ1n) is 5.62. The Morgan fingerprint density at radius 1 is 1.24 bits per heavy atom. The van der Waals surface area contributed by atoms with Crippen molar-refractivity contribution < 1.29 is 4.39 Å². The van der Waals surface area contributed by atoms with E-state index in [0.717, 1.165) is 11.1 Å². The zero-order chi connectivity index (χ0) is 12.4. The lowest BCUT2D eigenvalue weighted by atomic mass is 10.1. The number of halogens is 1. The molecule has 0 aliphatic rings. The van der Waals surface area contributed by atoms with Crippen molar-refractivity contribution in [1.29, 1.82) is 0 Å². The average Bonchev–Trinajstić information content (AvgIpc) is 2.64. The minimum Gasteiger partial charge on any atom is -0.300 e. The number of rotatable bonds is 3. The second kappa shape index (κ2) is 4.57. The normalized spacial score (nSPS) is 10.8. The maximum atomic E-state index is 13.0. The summed E-state index contributed by atoms with van der Waals surface area (Å²) in [6.07, 6.45) is 3.52. The minimum absolute atomic E-state index is 0.0313. The monoisotopic (exact) mass is 234 g/mol. The van der Waals surface area contributed by atoms with E-state index in [0.29, 0.717) is 13.1 Å². The van der Waals surface area contributed by atoms with Crippen molar-refractivity contribution in [3.05, 3.63) is 58.0 Å². The van der Waals surface area contributed by atoms with Crippen molar-refractivity contribution in [2.24, 2.45) is 0 Å². The van der Waals surface area contributed by atoms with Gasteiger partial charge in [-0.05, 0) is 37.1 Å². The summed E-state index contributed by atoms with van der Waals surface area (Å²) in [4.78, 5) is 11.8. The van der Waals surface area contributed by atoms with E-state index in [-0.39, 0.29) is 11.5 Å². The quantitative estimate of drug-likeness (QED) is 0.799. The van der Waals surface area contributed by atoms with Gasteiger partial charge in [-0.2, -0.15) is 0 Å². The molecule has 90 valence electrons. The zero-order valence-corrected chi connectivity index (χ0v) is 9.98. The van der Waals surface area contributed by atoms with Crippen molar-refractivity contribution in [3.63, 3.8) is 0 Å². The second-order valence-corrected chi connectivity index (χ2v) is 4.07. The number of imidazole rings is 1. The van der Waals surface area contributed by atoms with Crippen LogP contribution in [0.15, 0.2) is 35.4 Å². The van der Waals surface area contributed by atoms with Crippen molar-refractivity contribution in [2.45, 2.75) is 26.9 Å². The molecule has 0 saturated heterocycles. The van der Waals surface area contributed by atoms with Gasteiger partial charge in [-0.3, -0.25) is 9.13 Å². The summed E-state index contributed by atoms with van der Waals surface area (Å²) < 4.78 is 16.2. The number of benzene rings is 1. The highest BCUT2D eigenvalue weighted by Crippen LogP contribution is 2.10. The molecule has 0 radical (unpaired) electrons. The Hall–Kier alpha value is -1.84. The third-order valence-electron chi connectivity index (χ3n) is 2.90. The van der Waals surface area contributed by atoms with Gasteiger partial charge < -0.3 is 0 Å². The molecule has 3 nitrogen and oxygen atoms in total. The summed E-state index contributed by atoms with van der Waals surface area (Å²) in [5, 5.41) is 0. The van der Waals surface area contributed by atoms with E-state index in [2.05, 4.69) is 0 Å². The number of aromatic nitrogens is 2. The Kier molecular flexibility index (Phi) is 3.13. The minimum atomic E-state index is -0.246. The molecule has 0 unspecified atom stereocenters. The summed E-state index contributed by atoms with van der Waals surface area (Å²) >= 11 is 0. The molecule has 0 atom stereocenters. The van der Waals surface area contributed by atoms with Gasteiger partial charge >= 0.3 is 5.69 Å². The summed E-state index contributed by atoms with van der Waals surface area (Å²) in [6.45, 7) is 4.92. The molecule has 0 aliphatic carbocycles. The fraction of sp³-hybridized carbons (Fsp3) is 0.308. The second-order valence-electron chi connectivity index (χ2n) is 4.07. The van der Waals surface area contributed by atoms with Crippen LogP contribution in [0.1, 0.15) is 18.1 Å². The van der Waals surface area contributed by atoms with E-state index in [9.17, 15) is 9.18 Å². The van der Waals surface area contributed by atoms with Crippen molar-refractivity contribution in [3.8, 4) is 0 Å². The van der Waals surface area contributed by atoms with E-state index >= 15 is 0 Å². The topological polar surface area (TPSA) is 26.9 Å². The summed E-state index contributed by atoms with van der Waals surface area (Å²) in [5.74, 6) is -0.246. The van der Waals surface area contributed by atoms with Gasteiger partial charge in [0, 0.05) is 18.9 Å². The van der Waals surface area contributed by atoms with Crippen LogP contribution in [0.4, 0.5) is 4.39 Å². The molecule has 0 saturated carbocycles. The fourth-order valence-corrected chi connectivity index (χ4v) is 1.83. The molecule has 0 bridgehead atoms. The molecular weight excluding hydrogens is 219 g/mol. The van der Waals surface area contributed by atoms with Gasteiger partial charge in [0.2, 0.25) is 0 Å². The lowest BCUT2D eigenvalue weighted by Crippen LogP contribution is -2.24. The fourth-order valence-electron chi connectivity index (χ4n) is 1.83. The van der Waals surface area contributed by atoms with Crippen molar-refractivity contribution in [2.75, 3.05) is 0 Å². The molecule has 4 heteroatoms. The number of hydrogen-bond acceptors (Lipinski definition) is 1. The molecular formula is C13H15FN2O. The van der Waals surface area contributed by atoms with E-state index in [1.54, 1.807) is 27.6 Å². The van der Waals surface area contributed by atoms with E-state index in [4.69, 9.17) is 0 Å². The first-order valence-corrected chi connectivity index (χ1v) is 5.62. The van der Waals surface area contributed by atoms with Gasteiger partial charge in [0.1, 0.15) is 5.82 Å². The predicted octanol–water partition coefficient (Wildman–Crippen LogP) is 2.17. The zero-order valence-electron chi connectivity index (χ0n) is 9.98. The standard InChI is InChI=1S/C13H15FN2O/c1-3-15-6-7-16(13(15)17)9-11-4-5-12(14)8-10(11)2/h4-8H,3,9H2,1-2H3. The first kappa shape index (κ1) is 11.6. The highest BCUT2D eigenvalue weighted by Gasteiger charge is 2.05. The van der Waals surface area contributed by atoms with Crippen LogP contribution in [0, 0.1) is 12.7 Å². The Morgan fingerprint density at radius 2 is 1.94 bits per heavy atom. The van der Waals surface area contributed by atoms with Crippen molar-refractivity contribution >= 4 is 0 Å². The SMILES string of the molecule is CCn1ccn(Cc2ccc(F)cc2C)c1=O. The predicted molar refractivity (Wildman–Crippen MR) is 64.6 cm³/mol. The van der Waals surface area contributed by atoms with Crippen LogP contribution < -0.4 is 5.69 Å². The molecule has 0 spiro atoms. The molecule has 0 amide bonds. The average molecular weight is 234 g/mol. The van der Waals surface area contributed by atoms with Gasteiger partial charge in [0.25, 0.3) is 0 Å². The summed E-state index contributed by atoms with van der Waals surface area (Å²) in [6, 6.07) is 4.63. The smallest absolute Gasteiger partial charge is 0.300 e. The van der Waals surface area contributed by atoms with Crippen LogP contribution in [0.2, 0.25) is 0 Å². The number of nitrogens with zero attached hydrogens (tertiary/aromatic N) is 2. The van der Waals surface area contributed by atoms with Crippen LogP contribution >= 0.6 is 0 Å². The van der Waals surface area contributed by atoms with Gasteiger partial charge in [-0.25, -0.2) is 9.18 Å². The molecule has 2 aromatic rings. The Bertz CT molecular complexity index is 583. The molecule has 1 aromatic carbocycles. The first-order chi connectivity index (χ1) is 8.11.